The van der Waals surface area contributed by atoms with E-state index < -0.39 is 39.6 Å². The number of hydrogen-bond donors (Lipinski definition) is 2. The average Bonchev–Trinajstić information content (AvgIpc) is 2.54. The van der Waals surface area contributed by atoms with Crippen LogP contribution in [-0.2, 0) is 10.1 Å². The number of alkyl halides is 3. The summed E-state index contributed by atoms with van der Waals surface area (Å²) in [5, 5.41) is 18.4. The Kier molecular flexibility index (Phi) is 5.79. The van der Waals surface area contributed by atoms with E-state index in [2.05, 4.69) is 20.1 Å². The fourth-order valence-electron chi connectivity index (χ4n) is 2.45. The molecule has 1 aromatic carbocycles. The van der Waals surface area contributed by atoms with E-state index in [4.69, 9.17) is 5.11 Å². The Morgan fingerprint density at radius 2 is 1.81 bits per heavy atom. The number of piperazine rings is 1. The van der Waals surface area contributed by atoms with Crippen LogP contribution in [0.2, 0.25) is 0 Å². The molecule has 1 aromatic rings. The molecule has 1 heterocycles. The summed E-state index contributed by atoms with van der Waals surface area (Å²) in [6.45, 7) is -0.561. The number of halogens is 4. The van der Waals surface area contributed by atoms with Gasteiger partial charge in [0.2, 0.25) is 0 Å². The smallest absolute Gasteiger partial charge is 0.465 e. The van der Waals surface area contributed by atoms with Crippen LogP contribution in [0.15, 0.2) is 22.7 Å². The molecule has 2 N–H and O–H groups in total. The van der Waals surface area contributed by atoms with E-state index in [1.54, 1.807) is 0 Å². The lowest BCUT2D eigenvalue weighted by Gasteiger charge is -2.39. The number of benzene rings is 1. The van der Waals surface area contributed by atoms with Crippen molar-refractivity contribution in [3.8, 4) is 5.75 Å². The number of hydrogen-bond acceptors (Lipinski definition) is 5. The normalized spacial score (nSPS) is 18.3. The van der Waals surface area contributed by atoms with Crippen molar-refractivity contribution in [2.24, 2.45) is 0 Å². The second-order valence-corrected chi connectivity index (χ2v) is 7.78. The lowest BCUT2D eigenvalue weighted by Crippen LogP contribution is -2.51. The molecule has 0 radical (unpaired) electrons. The number of carbonyl (C=O) groups is 2. The van der Waals surface area contributed by atoms with Gasteiger partial charge in [-0.25, -0.2) is 9.59 Å². The molecular formula is C13H12BrF3N2O7S. The van der Waals surface area contributed by atoms with E-state index in [0.717, 1.165) is 21.9 Å². The minimum Gasteiger partial charge on any atom is -0.465 e. The maximum Gasteiger partial charge on any atom is 0.534 e. The van der Waals surface area contributed by atoms with Crippen LogP contribution in [0.4, 0.5) is 22.8 Å². The predicted molar refractivity (Wildman–Crippen MR) is 86.8 cm³/mol. The van der Waals surface area contributed by atoms with Crippen molar-refractivity contribution in [1.82, 2.24) is 9.80 Å². The van der Waals surface area contributed by atoms with Gasteiger partial charge in [0, 0.05) is 24.1 Å². The van der Waals surface area contributed by atoms with E-state index in [1.807, 2.05) is 0 Å². The summed E-state index contributed by atoms with van der Waals surface area (Å²) in [6.07, 6.45) is -2.67. The first-order chi connectivity index (χ1) is 12.3. The standard InChI is InChI=1S/C13H12BrF3N2O7S/c14-9-2-1-7(26-27(24,25)13(15,16)17)5-8(9)10-6-18(11(20)21)3-4-19(10)12(22)23/h1-2,5,10H,3-4,6H2,(H,20,21)(H,22,23). The van der Waals surface area contributed by atoms with Crippen molar-refractivity contribution in [3.05, 3.63) is 28.2 Å². The Bertz CT molecular complexity index is 862. The van der Waals surface area contributed by atoms with Gasteiger partial charge in [-0.3, -0.25) is 4.90 Å². The van der Waals surface area contributed by atoms with E-state index in [-0.39, 0.29) is 29.7 Å². The molecule has 0 bridgehead atoms. The zero-order valence-corrected chi connectivity index (χ0v) is 15.6. The molecule has 1 fully saturated rings. The maximum absolute atomic E-state index is 12.5. The van der Waals surface area contributed by atoms with Gasteiger partial charge < -0.3 is 19.3 Å². The van der Waals surface area contributed by atoms with Gasteiger partial charge in [0.05, 0.1) is 6.04 Å². The predicted octanol–water partition coefficient (Wildman–Crippen LogP) is 2.69. The van der Waals surface area contributed by atoms with Crippen LogP contribution in [0.5, 0.6) is 5.75 Å². The minimum absolute atomic E-state index is 0.0539. The highest BCUT2D eigenvalue weighted by atomic mass is 79.9. The minimum atomic E-state index is -5.91. The SMILES string of the molecule is O=C(O)N1CCN(C(=O)O)C(c2cc(OS(=O)(=O)C(F)(F)F)ccc2Br)C1. The van der Waals surface area contributed by atoms with Gasteiger partial charge in [-0.05, 0) is 23.8 Å². The summed E-state index contributed by atoms with van der Waals surface area (Å²) in [5.74, 6) is -0.691. The molecular weight excluding hydrogens is 465 g/mol. The first kappa shape index (κ1) is 21.1. The highest BCUT2D eigenvalue weighted by molar-refractivity contribution is 9.10. The van der Waals surface area contributed by atoms with Gasteiger partial charge in [0.15, 0.2) is 0 Å². The first-order valence-corrected chi connectivity index (χ1v) is 9.31. The molecule has 27 heavy (non-hydrogen) atoms. The molecule has 0 aromatic heterocycles. The molecule has 2 rings (SSSR count). The van der Waals surface area contributed by atoms with Gasteiger partial charge in [-0.15, -0.1) is 0 Å². The van der Waals surface area contributed by atoms with Crippen LogP contribution < -0.4 is 4.18 Å². The van der Waals surface area contributed by atoms with Gasteiger partial charge in [-0.1, -0.05) is 15.9 Å². The van der Waals surface area contributed by atoms with Crippen LogP contribution in [0.3, 0.4) is 0 Å². The third-order valence-corrected chi connectivity index (χ3v) is 5.41. The van der Waals surface area contributed by atoms with Crippen LogP contribution >= 0.6 is 15.9 Å². The Morgan fingerprint density at radius 3 is 2.33 bits per heavy atom. The molecule has 0 spiro atoms. The topological polar surface area (TPSA) is 124 Å². The third kappa shape index (κ3) is 4.55. The summed E-state index contributed by atoms with van der Waals surface area (Å²) in [4.78, 5) is 24.5. The third-order valence-electron chi connectivity index (χ3n) is 3.71. The van der Waals surface area contributed by atoms with Crippen molar-refractivity contribution in [2.75, 3.05) is 19.6 Å². The van der Waals surface area contributed by atoms with Crippen LogP contribution in [0.1, 0.15) is 11.6 Å². The number of amides is 2. The Balaban J connectivity index is 2.43. The molecule has 1 aliphatic rings. The molecule has 2 amide bonds. The Labute approximate surface area is 159 Å². The monoisotopic (exact) mass is 476 g/mol. The molecule has 0 aliphatic carbocycles. The van der Waals surface area contributed by atoms with Crippen LogP contribution in [0, 0.1) is 0 Å². The van der Waals surface area contributed by atoms with Gasteiger partial charge in [0.25, 0.3) is 0 Å². The zero-order valence-electron chi connectivity index (χ0n) is 13.2. The molecule has 150 valence electrons. The van der Waals surface area contributed by atoms with Crippen molar-refractivity contribution < 1.29 is 45.6 Å². The Hall–Kier alpha value is -2.22. The van der Waals surface area contributed by atoms with Crippen molar-refractivity contribution in [3.63, 3.8) is 0 Å². The first-order valence-electron chi connectivity index (χ1n) is 7.11. The lowest BCUT2D eigenvalue weighted by atomic mass is 10.0. The molecule has 9 nitrogen and oxygen atoms in total. The molecule has 1 atom stereocenters. The van der Waals surface area contributed by atoms with Crippen molar-refractivity contribution in [2.45, 2.75) is 11.6 Å². The average molecular weight is 477 g/mol. The lowest BCUT2D eigenvalue weighted by molar-refractivity contribution is -0.0500. The Morgan fingerprint density at radius 1 is 1.19 bits per heavy atom. The van der Waals surface area contributed by atoms with E-state index in [0.29, 0.717) is 0 Å². The fraction of sp³-hybridized carbons (Fsp3) is 0.385. The largest absolute Gasteiger partial charge is 0.534 e. The number of nitrogens with zero attached hydrogens (tertiary/aromatic N) is 2. The summed E-state index contributed by atoms with van der Waals surface area (Å²) in [5.41, 5.74) is -5.59. The quantitative estimate of drug-likeness (QED) is 0.507. The molecule has 1 unspecified atom stereocenters. The van der Waals surface area contributed by atoms with Crippen LogP contribution in [0.25, 0.3) is 0 Å². The zero-order chi connectivity index (χ0) is 20.6. The van der Waals surface area contributed by atoms with E-state index >= 15 is 0 Å². The van der Waals surface area contributed by atoms with Crippen LogP contribution in [-0.4, -0.2) is 65.8 Å². The summed E-state index contributed by atoms with van der Waals surface area (Å²) in [7, 11) is -5.91. The molecule has 1 saturated heterocycles. The van der Waals surface area contributed by atoms with Gasteiger partial charge in [0.1, 0.15) is 5.75 Å². The second-order valence-electron chi connectivity index (χ2n) is 5.39. The second kappa shape index (κ2) is 7.42. The molecule has 1 aliphatic heterocycles. The number of carboxylic acid groups (broad SMARTS) is 2. The van der Waals surface area contributed by atoms with E-state index in [9.17, 15) is 36.3 Å². The maximum atomic E-state index is 12.5. The van der Waals surface area contributed by atoms with Gasteiger partial charge in [-0.2, -0.15) is 21.6 Å². The van der Waals surface area contributed by atoms with Crippen molar-refractivity contribution in [1.29, 1.82) is 0 Å². The molecule has 14 heteroatoms. The summed E-state index contributed by atoms with van der Waals surface area (Å²) < 4.78 is 64.1. The molecule has 0 saturated carbocycles. The highest BCUT2D eigenvalue weighted by Crippen LogP contribution is 2.35. The highest BCUT2D eigenvalue weighted by Gasteiger charge is 2.48. The summed E-state index contributed by atoms with van der Waals surface area (Å²) >= 11 is 3.11. The van der Waals surface area contributed by atoms with Gasteiger partial charge >= 0.3 is 27.8 Å². The fourth-order valence-corrected chi connectivity index (χ4v) is 3.42. The number of rotatable bonds is 3. The van der Waals surface area contributed by atoms with E-state index in [1.165, 1.54) is 6.07 Å². The van der Waals surface area contributed by atoms with Crippen molar-refractivity contribution >= 4 is 38.2 Å². The summed E-state index contributed by atoms with van der Waals surface area (Å²) in [6, 6.07) is 1.95.